The first-order chi connectivity index (χ1) is 17.9. The molecule has 0 aliphatic carbocycles. The van der Waals surface area contributed by atoms with Crippen molar-refractivity contribution in [1.29, 1.82) is 0 Å². The summed E-state index contributed by atoms with van der Waals surface area (Å²) in [6.07, 6.45) is 1.44. The van der Waals surface area contributed by atoms with Gasteiger partial charge in [-0.15, -0.1) is 12.4 Å². The zero-order valence-corrected chi connectivity index (χ0v) is 26.9. The molecule has 3 N–H and O–H groups in total. The largest absolute Gasteiger partial charge is 0.511 e. The predicted octanol–water partition coefficient (Wildman–Crippen LogP) is 6.32. The van der Waals surface area contributed by atoms with Gasteiger partial charge in [0.05, 0.1) is 0 Å². The number of esters is 1. The first kappa shape index (κ1) is 33.8. The summed E-state index contributed by atoms with van der Waals surface area (Å²) >= 11 is 1.14. The molecule has 40 heavy (non-hydrogen) atoms. The third-order valence-corrected chi connectivity index (χ3v) is 9.47. The molecule has 8 nitrogen and oxygen atoms in total. The minimum absolute atomic E-state index is 0. The second-order valence-electron chi connectivity index (χ2n) is 11.6. The molecule has 222 valence electrons. The number of carbonyl (C=O) groups excluding carboxylic acids is 1. The van der Waals surface area contributed by atoms with Crippen LogP contribution in [-0.4, -0.2) is 43.5 Å². The van der Waals surface area contributed by atoms with Crippen LogP contribution in [0.5, 0.6) is 5.75 Å². The highest BCUT2D eigenvalue weighted by molar-refractivity contribution is 8.04. The van der Waals surface area contributed by atoms with E-state index in [1.807, 2.05) is 58.9 Å². The van der Waals surface area contributed by atoms with Crippen molar-refractivity contribution in [3.8, 4) is 5.75 Å². The highest BCUT2D eigenvalue weighted by Gasteiger charge is 2.44. The lowest BCUT2D eigenvalue weighted by molar-refractivity contribution is -0.164. The Kier molecular flexibility index (Phi) is 10.7. The van der Waals surface area contributed by atoms with Crippen LogP contribution >= 0.6 is 24.2 Å². The van der Waals surface area contributed by atoms with Crippen molar-refractivity contribution in [2.45, 2.75) is 76.7 Å². The van der Waals surface area contributed by atoms with E-state index in [1.165, 1.54) is 14.1 Å². The number of ether oxygens (including phenoxy) is 1. The summed E-state index contributed by atoms with van der Waals surface area (Å²) < 4.78 is 37.2. The van der Waals surface area contributed by atoms with E-state index < -0.39 is 27.3 Å². The Morgan fingerprint density at radius 2 is 1.77 bits per heavy atom. The molecule has 2 aromatic rings. The number of hydrogen-bond donors (Lipinski definition) is 2. The molecule has 0 fully saturated rings. The van der Waals surface area contributed by atoms with Crippen LogP contribution in [-0.2, 0) is 31.7 Å². The maximum absolute atomic E-state index is 13.4. The fraction of sp³-hybridized carbons (Fsp3) is 0.483. The molecule has 11 heteroatoms. The van der Waals surface area contributed by atoms with Crippen molar-refractivity contribution in [3.63, 3.8) is 0 Å². The maximum Gasteiger partial charge on any atom is 0.384 e. The fourth-order valence-electron chi connectivity index (χ4n) is 4.36. The molecule has 0 saturated heterocycles. The van der Waals surface area contributed by atoms with Crippen LogP contribution in [0.3, 0.4) is 0 Å². The van der Waals surface area contributed by atoms with Crippen molar-refractivity contribution in [1.82, 2.24) is 4.31 Å². The smallest absolute Gasteiger partial charge is 0.384 e. The number of nitrogen functional groups attached to an aromatic ring is 1. The number of anilines is 1. The van der Waals surface area contributed by atoms with Gasteiger partial charge in [0.15, 0.2) is 0 Å². The van der Waals surface area contributed by atoms with Gasteiger partial charge in [0.25, 0.3) is 0 Å². The van der Waals surface area contributed by atoms with Gasteiger partial charge in [0, 0.05) is 31.1 Å². The number of hydrogen-bond acceptors (Lipinski definition) is 8. The standard InChI is InChI=1S/C29H40N2O6S2.ClH/c1-18(2)29(14-13-20-9-11-21(30)12-10-20)17-23(32)26(27(33)36-29)38-25-15-19(3)24(16-22(25)28(4,5)6)37-39(34,35)31(7)8;/h9-12,15-16,18,32H,13-14,17,30H2,1-8H3;1H. The van der Waals surface area contributed by atoms with E-state index in [4.69, 9.17) is 14.7 Å². The minimum Gasteiger partial charge on any atom is -0.511 e. The van der Waals surface area contributed by atoms with E-state index in [1.54, 1.807) is 19.1 Å². The summed E-state index contributed by atoms with van der Waals surface area (Å²) in [5.41, 5.74) is 7.68. The number of aryl methyl sites for hydroxylation is 2. The number of nitrogens with two attached hydrogens (primary N) is 1. The molecule has 1 heterocycles. The second kappa shape index (κ2) is 12.6. The summed E-state index contributed by atoms with van der Waals surface area (Å²) in [4.78, 5) is 14.2. The van der Waals surface area contributed by atoms with Crippen molar-refractivity contribution < 1.29 is 27.2 Å². The van der Waals surface area contributed by atoms with Crippen LogP contribution in [0.25, 0.3) is 0 Å². The number of halogens is 1. The van der Waals surface area contributed by atoms with Crippen LogP contribution in [0.4, 0.5) is 5.69 Å². The number of aliphatic hydroxyl groups is 1. The van der Waals surface area contributed by atoms with Crippen molar-refractivity contribution in [2.24, 2.45) is 5.92 Å². The van der Waals surface area contributed by atoms with Gasteiger partial charge in [-0.05, 0) is 72.1 Å². The third-order valence-electron chi connectivity index (χ3n) is 7.02. The Morgan fingerprint density at radius 3 is 2.27 bits per heavy atom. The lowest BCUT2D eigenvalue weighted by Crippen LogP contribution is -2.44. The van der Waals surface area contributed by atoms with E-state index in [2.05, 4.69) is 0 Å². The van der Waals surface area contributed by atoms with Gasteiger partial charge < -0.3 is 19.8 Å². The Hall–Kier alpha value is -2.40. The van der Waals surface area contributed by atoms with Crippen LogP contribution < -0.4 is 9.92 Å². The van der Waals surface area contributed by atoms with Crippen LogP contribution in [0, 0.1) is 12.8 Å². The molecule has 1 atom stereocenters. The summed E-state index contributed by atoms with van der Waals surface area (Å²) in [5.74, 6) is -0.381. The Balaban J connectivity index is 0.00000560. The molecular formula is C29H41ClN2O6S2. The Bertz CT molecular complexity index is 1370. The van der Waals surface area contributed by atoms with Gasteiger partial charge in [-0.3, -0.25) is 0 Å². The molecular weight excluding hydrogens is 572 g/mol. The summed E-state index contributed by atoms with van der Waals surface area (Å²) in [6.45, 7) is 11.7. The van der Waals surface area contributed by atoms with Crippen LogP contribution in [0.1, 0.15) is 64.2 Å². The van der Waals surface area contributed by atoms with Gasteiger partial charge >= 0.3 is 16.3 Å². The molecule has 0 aromatic heterocycles. The molecule has 0 radical (unpaired) electrons. The van der Waals surface area contributed by atoms with Gasteiger partial charge in [-0.25, -0.2) is 4.79 Å². The SMILES string of the molecule is Cc1cc(SC2=C(O)CC(CCc3ccc(N)cc3)(C(C)C)OC2=O)c(C(C)(C)C)cc1OS(=O)(=O)N(C)C.Cl. The van der Waals surface area contributed by atoms with Gasteiger partial charge in [0.1, 0.15) is 22.0 Å². The molecule has 2 aromatic carbocycles. The van der Waals surface area contributed by atoms with Crippen molar-refractivity contribution >= 4 is 46.1 Å². The highest BCUT2D eigenvalue weighted by Crippen LogP contribution is 2.46. The third kappa shape index (κ3) is 7.66. The van der Waals surface area contributed by atoms with E-state index in [0.29, 0.717) is 29.0 Å². The van der Waals surface area contributed by atoms with E-state index in [9.17, 15) is 18.3 Å². The summed E-state index contributed by atoms with van der Waals surface area (Å²) in [5, 5.41) is 11.2. The molecule has 0 amide bonds. The van der Waals surface area contributed by atoms with E-state index >= 15 is 0 Å². The second-order valence-corrected chi connectivity index (χ2v) is 14.4. The van der Waals surface area contributed by atoms with Crippen molar-refractivity contribution in [3.05, 3.63) is 63.8 Å². The van der Waals surface area contributed by atoms with E-state index in [0.717, 1.165) is 27.2 Å². The number of carbonyl (C=O) groups is 1. The topological polar surface area (TPSA) is 119 Å². The molecule has 1 unspecified atom stereocenters. The molecule has 1 aliphatic heterocycles. The lowest BCUT2D eigenvalue weighted by Gasteiger charge is -2.40. The normalized spacial score (nSPS) is 18.1. The molecule has 0 saturated carbocycles. The van der Waals surface area contributed by atoms with Gasteiger partial charge in [-0.1, -0.05) is 58.5 Å². The fourth-order valence-corrected chi connectivity index (χ4v) is 6.16. The number of thioether (sulfide) groups is 1. The number of benzene rings is 2. The average Bonchev–Trinajstić information content (AvgIpc) is 2.81. The van der Waals surface area contributed by atoms with Crippen LogP contribution in [0.15, 0.2) is 52.0 Å². The lowest BCUT2D eigenvalue weighted by atomic mass is 9.80. The first-order valence-electron chi connectivity index (χ1n) is 12.9. The number of cyclic esters (lactones) is 1. The number of rotatable bonds is 9. The Labute approximate surface area is 249 Å². The van der Waals surface area contributed by atoms with Gasteiger partial charge in [-0.2, -0.15) is 12.7 Å². The van der Waals surface area contributed by atoms with Gasteiger partial charge in [0.2, 0.25) is 0 Å². The number of nitrogens with zero attached hydrogens (tertiary/aromatic N) is 1. The molecule has 1 aliphatic rings. The molecule has 0 spiro atoms. The molecule has 0 bridgehead atoms. The van der Waals surface area contributed by atoms with Crippen LogP contribution in [0.2, 0.25) is 0 Å². The zero-order chi connectivity index (χ0) is 29.3. The monoisotopic (exact) mass is 612 g/mol. The summed E-state index contributed by atoms with van der Waals surface area (Å²) in [6, 6.07) is 11.1. The average molecular weight is 613 g/mol. The quantitative estimate of drug-likeness (QED) is 0.249. The van der Waals surface area contributed by atoms with Crippen molar-refractivity contribution in [2.75, 3.05) is 19.8 Å². The van der Waals surface area contributed by atoms with E-state index in [-0.39, 0.29) is 41.2 Å². The Morgan fingerprint density at radius 1 is 1.18 bits per heavy atom. The number of aliphatic hydroxyl groups excluding tert-OH is 1. The highest BCUT2D eigenvalue weighted by atomic mass is 35.5. The minimum atomic E-state index is -3.95. The zero-order valence-electron chi connectivity index (χ0n) is 24.4. The summed E-state index contributed by atoms with van der Waals surface area (Å²) in [7, 11) is -1.15. The first-order valence-corrected chi connectivity index (χ1v) is 15.1. The molecule has 3 rings (SSSR count). The predicted molar refractivity (Wildman–Crippen MR) is 163 cm³/mol. The maximum atomic E-state index is 13.4.